The van der Waals surface area contributed by atoms with Gasteiger partial charge in [0.25, 0.3) is 0 Å². The molecule has 2 heteroatoms. The molecule has 1 heterocycles. The first-order chi connectivity index (χ1) is 6.77. The summed E-state index contributed by atoms with van der Waals surface area (Å²) in [4.78, 5) is 4.15. The molecule has 0 saturated heterocycles. The fourth-order valence-corrected chi connectivity index (χ4v) is 2.35. The van der Waals surface area contributed by atoms with Gasteiger partial charge in [0, 0.05) is 6.20 Å². The van der Waals surface area contributed by atoms with E-state index in [2.05, 4.69) is 18.0 Å². The number of rotatable bonds is 1. The summed E-state index contributed by atoms with van der Waals surface area (Å²) in [6, 6.07) is 4.12. The molecule has 2 nitrogen and oxygen atoms in total. The average molecular weight is 190 g/mol. The summed E-state index contributed by atoms with van der Waals surface area (Å²) < 4.78 is 0. The molecule has 14 heavy (non-hydrogen) atoms. The van der Waals surface area contributed by atoms with Crippen molar-refractivity contribution in [3.8, 4) is 0 Å². The van der Waals surface area contributed by atoms with Crippen molar-refractivity contribution in [1.82, 2.24) is 4.98 Å². The van der Waals surface area contributed by atoms with Gasteiger partial charge in [0.05, 0.1) is 0 Å². The van der Waals surface area contributed by atoms with Crippen molar-refractivity contribution in [2.75, 3.05) is 5.73 Å². The average Bonchev–Trinajstić information content (AvgIpc) is 2.20. The molecule has 0 spiro atoms. The van der Waals surface area contributed by atoms with Crippen LogP contribution in [0.25, 0.3) is 0 Å². The highest BCUT2D eigenvalue weighted by Gasteiger charge is 2.21. The van der Waals surface area contributed by atoms with Crippen LogP contribution in [0, 0.1) is 5.92 Å². The third-order valence-electron chi connectivity index (χ3n) is 3.33. The van der Waals surface area contributed by atoms with Crippen LogP contribution < -0.4 is 5.73 Å². The van der Waals surface area contributed by atoms with Crippen LogP contribution in [0.1, 0.15) is 44.1 Å². The summed E-state index contributed by atoms with van der Waals surface area (Å²) in [5.41, 5.74) is 7.14. The zero-order valence-electron chi connectivity index (χ0n) is 8.74. The number of anilines is 1. The van der Waals surface area contributed by atoms with E-state index in [0.29, 0.717) is 5.92 Å². The minimum Gasteiger partial charge on any atom is -0.383 e. The van der Waals surface area contributed by atoms with Crippen LogP contribution in [-0.2, 0) is 0 Å². The Labute approximate surface area is 85.5 Å². The summed E-state index contributed by atoms with van der Waals surface area (Å²) in [5, 5.41) is 0. The van der Waals surface area contributed by atoms with E-state index in [1.165, 1.54) is 31.2 Å². The van der Waals surface area contributed by atoms with Crippen molar-refractivity contribution in [2.24, 2.45) is 5.92 Å². The second-order valence-electron chi connectivity index (χ2n) is 4.43. The largest absolute Gasteiger partial charge is 0.383 e. The first kappa shape index (κ1) is 9.50. The van der Waals surface area contributed by atoms with Crippen molar-refractivity contribution in [2.45, 2.75) is 38.5 Å². The van der Waals surface area contributed by atoms with E-state index in [0.717, 1.165) is 11.7 Å². The molecule has 0 bridgehead atoms. The molecular formula is C12H18N2. The summed E-state index contributed by atoms with van der Waals surface area (Å²) in [7, 11) is 0. The minimum absolute atomic E-state index is 0.653. The van der Waals surface area contributed by atoms with Gasteiger partial charge in [0.2, 0.25) is 0 Å². The molecule has 1 aromatic rings. The predicted octanol–water partition coefficient (Wildman–Crippen LogP) is 2.96. The Kier molecular flexibility index (Phi) is 2.71. The van der Waals surface area contributed by atoms with Gasteiger partial charge in [0.15, 0.2) is 0 Å². The summed E-state index contributed by atoms with van der Waals surface area (Å²) >= 11 is 0. The molecule has 1 aliphatic rings. The Morgan fingerprint density at radius 2 is 2.00 bits per heavy atom. The lowest BCUT2D eigenvalue weighted by Gasteiger charge is -2.26. The predicted molar refractivity (Wildman–Crippen MR) is 59.0 cm³/mol. The zero-order chi connectivity index (χ0) is 9.97. The van der Waals surface area contributed by atoms with Crippen molar-refractivity contribution in [3.63, 3.8) is 0 Å². The monoisotopic (exact) mass is 190 g/mol. The van der Waals surface area contributed by atoms with E-state index in [1.807, 2.05) is 6.07 Å². The zero-order valence-corrected chi connectivity index (χ0v) is 8.74. The van der Waals surface area contributed by atoms with Crippen LogP contribution in [0.2, 0.25) is 0 Å². The molecule has 1 aliphatic carbocycles. The van der Waals surface area contributed by atoms with Gasteiger partial charge < -0.3 is 5.73 Å². The van der Waals surface area contributed by atoms with Gasteiger partial charge in [-0.25, -0.2) is 4.98 Å². The van der Waals surface area contributed by atoms with Crippen LogP contribution in [0.3, 0.4) is 0 Å². The molecule has 2 rings (SSSR count). The number of hydrogen-bond donors (Lipinski definition) is 1. The highest BCUT2D eigenvalue weighted by Crippen LogP contribution is 2.36. The fourth-order valence-electron chi connectivity index (χ4n) is 2.35. The van der Waals surface area contributed by atoms with E-state index in [-0.39, 0.29) is 0 Å². The van der Waals surface area contributed by atoms with Crippen molar-refractivity contribution in [1.29, 1.82) is 0 Å². The van der Waals surface area contributed by atoms with E-state index < -0.39 is 0 Å². The molecule has 0 aliphatic heterocycles. The molecule has 1 aromatic heterocycles. The fraction of sp³-hybridized carbons (Fsp3) is 0.583. The first-order valence-electron chi connectivity index (χ1n) is 5.47. The van der Waals surface area contributed by atoms with Crippen molar-refractivity contribution >= 4 is 5.82 Å². The van der Waals surface area contributed by atoms with Crippen LogP contribution >= 0.6 is 0 Å². The minimum atomic E-state index is 0.653. The van der Waals surface area contributed by atoms with Crippen LogP contribution in [-0.4, -0.2) is 4.98 Å². The van der Waals surface area contributed by atoms with E-state index >= 15 is 0 Å². The summed E-state index contributed by atoms with van der Waals surface area (Å²) in [5.74, 6) is 2.27. The number of pyridine rings is 1. The first-order valence-corrected chi connectivity index (χ1v) is 5.47. The SMILES string of the molecule is CC1CCC(c2cccnc2N)CC1. The Morgan fingerprint density at radius 1 is 1.29 bits per heavy atom. The van der Waals surface area contributed by atoms with E-state index in [9.17, 15) is 0 Å². The van der Waals surface area contributed by atoms with Crippen molar-refractivity contribution in [3.05, 3.63) is 23.9 Å². The third-order valence-corrected chi connectivity index (χ3v) is 3.33. The third kappa shape index (κ3) is 1.89. The van der Waals surface area contributed by atoms with Crippen LogP contribution in [0.4, 0.5) is 5.82 Å². The summed E-state index contributed by atoms with van der Waals surface area (Å²) in [6.07, 6.45) is 6.98. The Morgan fingerprint density at radius 3 is 2.64 bits per heavy atom. The molecular weight excluding hydrogens is 172 g/mol. The number of nitrogens with two attached hydrogens (primary N) is 1. The molecule has 1 fully saturated rings. The standard InChI is InChI=1S/C12H18N2/c1-9-4-6-10(7-5-9)11-3-2-8-14-12(11)13/h2-3,8-10H,4-7H2,1H3,(H2,13,14). The number of nitrogens with zero attached hydrogens (tertiary/aromatic N) is 1. The highest BCUT2D eigenvalue weighted by atomic mass is 14.8. The van der Waals surface area contributed by atoms with Gasteiger partial charge in [-0.15, -0.1) is 0 Å². The van der Waals surface area contributed by atoms with Gasteiger partial charge in [0.1, 0.15) is 5.82 Å². The molecule has 0 unspecified atom stereocenters. The van der Waals surface area contributed by atoms with Gasteiger partial charge in [-0.2, -0.15) is 0 Å². The maximum atomic E-state index is 5.87. The number of hydrogen-bond acceptors (Lipinski definition) is 2. The Hall–Kier alpha value is -1.05. The second kappa shape index (κ2) is 3.99. The molecule has 76 valence electrons. The quantitative estimate of drug-likeness (QED) is 0.739. The summed E-state index contributed by atoms with van der Waals surface area (Å²) in [6.45, 7) is 2.34. The molecule has 2 N–H and O–H groups in total. The number of nitrogen functional groups attached to an aromatic ring is 1. The van der Waals surface area contributed by atoms with E-state index in [1.54, 1.807) is 6.20 Å². The van der Waals surface area contributed by atoms with Crippen LogP contribution in [0.5, 0.6) is 0 Å². The van der Waals surface area contributed by atoms with E-state index in [4.69, 9.17) is 5.73 Å². The second-order valence-corrected chi connectivity index (χ2v) is 4.43. The molecule has 1 saturated carbocycles. The molecule has 0 radical (unpaired) electrons. The highest BCUT2D eigenvalue weighted by molar-refractivity contribution is 5.41. The molecule has 0 aromatic carbocycles. The smallest absolute Gasteiger partial charge is 0.126 e. The normalized spacial score (nSPS) is 27.5. The lowest BCUT2D eigenvalue weighted by Crippen LogP contribution is -2.12. The lowest BCUT2D eigenvalue weighted by molar-refractivity contribution is 0.348. The molecule has 0 amide bonds. The van der Waals surface area contributed by atoms with Gasteiger partial charge in [-0.1, -0.05) is 25.8 Å². The van der Waals surface area contributed by atoms with Gasteiger partial charge in [-0.3, -0.25) is 0 Å². The maximum Gasteiger partial charge on any atom is 0.126 e. The molecule has 0 atom stereocenters. The topological polar surface area (TPSA) is 38.9 Å². The van der Waals surface area contributed by atoms with Crippen LogP contribution in [0.15, 0.2) is 18.3 Å². The lowest BCUT2D eigenvalue weighted by atomic mass is 9.79. The van der Waals surface area contributed by atoms with Gasteiger partial charge >= 0.3 is 0 Å². The Bertz CT molecular complexity index is 301. The van der Waals surface area contributed by atoms with Crippen molar-refractivity contribution < 1.29 is 0 Å². The Balaban J connectivity index is 2.12. The maximum absolute atomic E-state index is 5.87. The number of aromatic nitrogens is 1. The van der Waals surface area contributed by atoms with Gasteiger partial charge in [-0.05, 0) is 36.3 Å².